The molecular weight excluding hydrogens is 612 g/mol. The highest BCUT2D eigenvalue weighted by Gasteiger charge is 2.25. The largest absolute Gasteiger partial charge is 0.351 e. The highest BCUT2D eigenvalue weighted by Crippen LogP contribution is 2.31. The number of amides is 2. The predicted molar refractivity (Wildman–Crippen MR) is 159 cm³/mol. The lowest BCUT2D eigenvalue weighted by atomic mass is 10.2. The number of H-pyrrole nitrogens is 2. The van der Waals surface area contributed by atoms with Crippen molar-refractivity contribution in [3.05, 3.63) is 68.9 Å². The van der Waals surface area contributed by atoms with E-state index in [1.54, 1.807) is 0 Å². The van der Waals surface area contributed by atoms with E-state index in [-0.39, 0.29) is 11.8 Å². The summed E-state index contributed by atoms with van der Waals surface area (Å²) in [6, 6.07) is 15.9. The van der Waals surface area contributed by atoms with Crippen molar-refractivity contribution in [3.63, 3.8) is 0 Å². The van der Waals surface area contributed by atoms with Gasteiger partial charge in [-0.05, 0) is 60.4 Å². The molecule has 0 spiro atoms. The lowest BCUT2D eigenvalue weighted by molar-refractivity contribution is 0.0652. The summed E-state index contributed by atoms with van der Waals surface area (Å²) in [6.07, 6.45) is 0. The number of benzene rings is 2. The molecule has 2 aliphatic rings. The third-order valence-corrected chi connectivity index (χ3v) is 8.57. The normalized spacial score (nSPS) is 17.1. The number of hydrogen-bond acceptors (Lipinski definition) is 4. The minimum Gasteiger partial charge on any atom is -0.351 e. The number of rotatable bonds is 2. The molecule has 200 valence electrons. The van der Waals surface area contributed by atoms with Crippen molar-refractivity contribution in [1.29, 1.82) is 0 Å². The number of aromatic nitrogens is 2. The Morgan fingerprint density at radius 2 is 1.32 bits per heavy atom. The summed E-state index contributed by atoms with van der Waals surface area (Å²) in [4.78, 5) is 39.7. The van der Waals surface area contributed by atoms with Gasteiger partial charge in [-0.1, -0.05) is 34.1 Å². The van der Waals surface area contributed by atoms with Gasteiger partial charge in [-0.25, -0.2) is 0 Å². The molecule has 4 heterocycles. The molecule has 2 aromatic carbocycles. The Morgan fingerprint density at radius 1 is 0.711 bits per heavy atom. The van der Waals surface area contributed by atoms with Crippen LogP contribution in [0.25, 0.3) is 21.8 Å². The average molecular weight is 644 g/mol. The fourth-order valence-corrected chi connectivity index (χ4v) is 5.77. The van der Waals surface area contributed by atoms with Crippen molar-refractivity contribution < 1.29 is 9.59 Å². The maximum atomic E-state index is 12.6. The number of nitrogens with zero attached hydrogens (tertiary/aromatic N) is 4. The number of carbonyl (C=O) groups is 2. The molecule has 0 aliphatic carbocycles. The second-order valence-corrected chi connectivity index (χ2v) is 11.7. The molecule has 0 bridgehead atoms. The van der Waals surface area contributed by atoms with Gasteiger partial charge >= 0.3 is 0 Å². The van der Waals surface area contributed by atoms with Crippen LogP contribution in [0.5, 0.6) is 0 Å². The van der Waals surface area contributed by atoms with Crippen LogP contribution >= 0.6 is 31.9 Å². The van der Waals surface area contributed by atoms with E-state index < -0.39 is 0 Å². The molecule has 2 amide bonds. The number of carbonyl (C=O) groups excluding carboxylic acids is 2. The van der Waals surface area contributed by atoms with Crippen molar-refractivity contribution in [2.75, 3.05) is 66.5 Å². The lowest BCUT2D eigenvalue weighted by Crippen LogP contribution is -2.47. The van der Waals surface area contributed by atoms with Crippen LogP contribution in [0.15, 0.2) is 57.5 Å². The first-order valence-corrected chi connectivity index (χ1v) is 14.4. The van der Waals surface area contributed by atoms with E-state index >= 15 is 0 Å². The molecule has 0 radical (unpaired) electrons. The molecule has 0 unspecified atom stereocenters. The Balaban J connectivity index is 0.000000156. The second kappa shape index (κ2) is 11.6. The first kappa shape index (κ1) is 26.9. The molecule has 0 atom stereocenters. The van der Waals surface area contributed by atoms with Crippen molar-refractivity contribution in [2.24, 2.45) is 0 Å². The molecule has 38 heavy (non-hydrogen) atoms. The molecule has 2 aromatic heterocycles. The lowest BCUT2D eigenvalue weighted by Gasteiger charge is -2.32. The number of fused-ring (bicyclic) bond motifs is 2. The molecule has 2 fully saturated rings. The summed E-state index contributed by atoms with van der Waals surface area (Å²) in [5, 5.41) is 2.12. The number of nitrogens with one attached hydrogen (secondary N) is 2. The van der Waals surface area contributed by atoms with Crippen molar-refractivity contribution >= 4 is 65.5 Å². The molecule has 8 nitrogen and oxygen atoms in total. The van der Waals surface area contributed by atoms with Crippen LogP contribution in [-0.2, 0) is 0 Å². The fourth-order valence-electron chi connectivity index (χ4n) is 4.81. The Hall–Kier alpha value is -2.66. The van der Waals surface area contributed by atoms with E-state index in [4.69, 9.17) is 0 Å². The first-order valence-electron chi connectivity index (χ1n) is 12.8. The van der Waals surface area contributed by atoms with Crippen LogP contribution in [0, 0.1) is 0 Å². The maximum Gasteiger partial charge on any atom is 0.271 e. The molecule has 2 N–H and O–H groups in total. The van der Waals surface area contributed by atoms with Crippen molar-refractivity contribution in [2.45, 2.75) is 0 Å². The quantitative estimate of drug-likeness (QED) is 0.334. The summed E-state index contributed by atoms with van der Waals surface area (Å²) in [7, 11) is 4.17. The number of piperazine rings is 2. The third-order valence-electron chi connectivity index (χ3n) is 7.25. The van der Waals surface area contributed by atoms with E-state index in [1.165, 1.54) is 0 Å². The van der Waals surface area contributed by atoms with Crippen LogP contribution < -0.4 is 0 Å². The Bertz CT molecular complexity index is 1420. The average Bonchev–Trinajstić information content (AvgIpc) is 3.50. The Kier molecular flexibility index (Phi) is 8.23. The minimum atomic E-state index is 0.0669. The molecule has 4 aromatic rings. The summed E-state index contributed by atoms with van der Waals surface area (Å²) in [5.41, 5.74) is 3.33. The van der Waals surface area contributed by atoms with E-state index in [2.05, 4.69) is 65.7 Å². The Morgan fingerprint density at radius 3 is 1.95 bits per heavy atom. The van der Waals surface area contributed by atoms with Gasteiger partial charge in [0, 0.05) is 78.6 Å². The standard InChI is InChI=1S/C14H15Br2N3O.C14H17N3O/c1-18-4-6-19(7-5-18)14(20)13-12(16)10-8-9(15)2-3-11(10)17-13;1-16-6-8-17(9-7-16)14(18)13-10-11-4-2-3-5-12(11)15-13/h2-3,8,17H,4-7H2,1H3;2-5,10,15H,6-9H2,1H3. The van der Waals surface area contributed by atoms with E-state index in [0.717, 1.165) is 83.1 Å². The number of hydrogen-bond donors (Lipinski definition) is 2. The molecule has 2 aliphatic heterocycles. The molecule has 0 saturated carbocycles. The molecule has 2 saturated heterocycles. The molecule has 6 rings (SSSR count). The van der Waals surface area contributed by atoms with Crippen LogP contribution in [0.3, 0.4) is 0 Å². The zero-order valence-corrected chi connectivity index (χ0v) is 24.8. The number of aromatic amines is 2. The number of likely N-dealkylation sites (N-methyl/N-ethyl adjacent to an activating group) is 2. The van der Waals surface area contributed by atoms with Gasteiger partial charge in [0.15, 0.2) is 0 Å². The molecular formula is C28H32Br2N6O2. The van der Waals surface area contributed by atoms with E-state index in [0.29, 0.717) is 11.4 Å². The topological polar surface area (TPSA) is 78.7 Å². The van der Waals surface area contributed by atoms with Gasteiger partial charge < -0.3 is 29.6 Å². The van der Waals surface area contributed by atoms with Crippen LogP contribution in [0.4, 0.5) is 0 Å². The smallest absolute Gasteiger partial charge is 0.271 e. The highest BCUT2D eigenvalue weighted by atomic mass is 79.9. The number of para-hydroxylation sites is 1. The van der Waals surface area contributed by atoms with E-state index in [1.807, 2.05) is 58.3 Å². The summed E-state index contributed by atoms with van der Waals surface area (Å²) in [6.45, 7) is 6.93. The van der Waals surface area contributed by atoms with Crippen LogP contribution in [0.1, 0.15) is 21.0 Å². The highest BCUT2D eigenvalue weighted by molar-refractivity contribution is 9.11. The van der Waals surface area contributed by atoms with Gasteiger partial charge in [0.25, 0.3) is 11.8 Å². The first-order chi connectivity index (χ1) is 18.3. The molecule has 10 heteroatoms. The van der Waals surface area contributed by atoms with Gasteiger partial charge in [-0.15, -0.1) is 0 Å². The number of halogens is 2. The Labute approximate surface area is 239 Å². The second-order valence-electron chi connectivity index (χ2n) is 9.97. The van der Waals surface area contributed by atoms with Gasteiger partial charge in [-0.2, -0.15) is 0 Å². The summed E-state index contributed by atoms with van der Waals surface area (Å²) < 4.78 is 1.85. The van der Waals surface area contributed by atoms with Crippen LogP contribution in [-0.4, -0.2) is 108 Å². The SMILES string of the molecule is CN1CCN(C(=O)c2[nH]c3ccc(Br)cc3c2Br)CC1.CN1CCN(C(=O)c2cc3ccccc3[nH]2)CC1. The van der Waals surface area contributed by atoms with Gasteiger partial charge in [0.2, 0.25) is 0 Å². The third kappa shape index (κ3) is 5.83. The summed E-state index contributed by atoms with van der Waals surface area (Å²) in [5.74, 6) is 0.177. The fraction of sp³-hybridized carbons (Fsp3) is 0.357. The van der Waals surface area contributed by atoms with E-state index in [9.17, 15) is 9.59 Å². The van der Waals surface area contributed by atoms with Gasteiger partial charge in [0.1, 0.15) is 11.4 Å². The zero-order chi connectivity index (χ0) is 26.8. The van der Waals surface area contributed by atoms with Gasteiger partial charge in [0.05, 0.1) is 4.47 Å². The van der Waals surface area contributed by atoms with Crippen LogP contribution in [0.2, 0.25) is 0 Å². The van der Waals surface area contributed by atoms with Crippen molar-refractivity contribution in [1.82, 2.24) is 29.6 Å². The minimum absolute atomic E-state index is 0.0669. The monoisotopic (exact) mass is 642 g/mol. The zero-order valence-electron chi connectivity index (χ0n) is 21.6. The maximum absolute atomic E-state index is 12.6. The predicted octanol–water partition coefficient (Wildman–Crippen LogP) is 4.64. The van der Waals surface area contributed by atoms with Crippen molar-refractivity contribution in [3.8, 4) is 0 Å². The van der Waals surface area contributed by atoms with Gasteiger partial charge in [-0.3, -0.25) is 9.59 Å². The summed E-state index contributed by atoms with van der Waals surface area (Å²) >= 11 is 7.02.